The Kier molecular flexibility index (Phi) is 5.64. The van der Waals surface area contributed by atoms with Crippen LogP contribution in [0.3, 0.4) is 0 Å². The molecule has 0 radical (unpaired) electrons. The lowest BCUT2D eigenvalue weighted by Gasteiger charge is -2.29. The molecule has 1 aliphatic heterocycles. The van der Waals surface area contributed by atoms with Gasteiger partial charge in [0.1, 0.15) is 6.61 Å². The molecule has 5 nitrogen and oxygen atoms in total. The number of likely N-dealkylation sites (tertiary alicyclic amines) is 1. The van der Waals surface area contributed by atoms with E-state index in [9.17, 15) is 9.90 Å². The standard InChI is InChI=1S/C23H27NO4/c25-22(28-16-19-9-5-2-6-10-19)24-13-20-11-12-23(26,21(20)14-24)17-27-15-18-7-3-1-4-8-18/h1-10,20-21,26H,11-17H2. The Morgan fingerprint density at radius 3 is 2.32 bits per heavy atom. The first kappa shape index (κ1) is 19.0. The molecule has 0 bridgehead atoms. The molecule has 3 atom stereocenters. The summed E-state index contributed by atoms with van der Waals surface area (Å²) in [7, 11) is 0. The van der Waals surface area contributed by atoms with Crippen molar-refractivity contribution in [1.29, 1.82) is 0 Å². The predicted octanol–water partition coefficient (Wildman–Crippen LogP) is 3.61. The molecule has 0 aromatic heterocycles. The summed E-state index contributed by atoms with van der Waals surface area (Å²) in [6.45, 7) is 2.25. The maximum atomic E-state index is 12.5. The second kappa shape index (κ2) is 8.33. The van der Waals surface area contributed by atoms with E-state index in [0.717, 1.165) is 24.0 Å². The average Bonchev–Trinajstić information content (AvgIpc) is 3.29. The number of hydrogen-bond donors (Lipinski definition) is 1. The zero-order valence-corrected chi connectivity index (χ0v) is 16.0. The average molecular weight is 381 g/mol. The van der Waals surface area contributed by atoms with E-state index in [1.807, 2.05) is 60.7 Å². The van der Waals surface area contributed by atoms with Crippen LogP contribution in [-0.4, -0.2) is 41.4 Å². The summed E-state index contributed by atoms with van der Waals surface area (Å²) in [5, 5.41) is 11.1. The quantitative estimate of drug-likeness (QED) is 0.830. The lowest BCUT2D eigenvalue weighted by Crippen LogP contribution is -2.42. The molecule has 1 amide bonds. The Labute approximate surface area is 165 Å². The molecular formula is C23H27NO4. The fourth-order valence-electron chi connectivity index (χ4n) is 4.45. The molecule has 1 heterocycles. The van der Waals surface area contributed by atoms with Gasteiger partial charge in [0.25, 0.3) is 0 Å². The van der Waals surface area contributed by atoms with Crippen molar-refractivity contribution in [2.45, 2.75) is 31.7 Å². The van der Waals surface area contributed by atoms with E-state index < -0.39 is 5.60 Å². The van der Waals surface area contributed by atoms with Gasteiger partial charge in [-0.15, -0.1) is 0 Å². The zero-order valence-electron chi connectivity index (χ0n) is 16.0. The van der Waals surface area contributed by atoms with Crippen LogP contribution in [0, 0.1) is 11.8 Å². The Morgan fingerprint density at radius 2 is 1.64 bits per heavy atom. The highest BCUT2D eigenvalue weighted by atomic mass is 16.6. The van der Waals surface area contributed by atoms with E-state index in [0.29, 0.717) is 32.2 Å². The molecule has 1 saturated carbocycles. The predicted molar refractivity (Wildman–Crippen MR) is 105 cm³/mol. The third-order valence-corrected chi connectivity index (χ3v) is 6.01. The second-order valence-electron chi connectivity index (χ2n) is 7.93. The second-order valence-corrected chi connectivity index (χ2v) is 7.93. The maximum absolute atomic E-state index is 12.5. The molecule has 1 aliphatic carbocycles. The summed E-state index contributed by atoms with van der Waals surface area (Å²) >= 11 is 0. The zero-order chi connectivity index (χ0) is 19.4. The van der Waals surface area contributed by atoms with E-state index in [4.69, 9.17) is 9.47 Å². The van der Waals surface area contributed by atoms with E-state index >= 15 is 0 Å². The monoisotopic (exact) mass is 381 g/mol. The minimum atomic E-state index is -0.867. The highest BCUT2D eigenvalue weighted by Crippen LogP contribution is 2.45. The minimum Gasteiger partial charge on any atom is -0.445 e. The van der Waals surface area contributed by atoms with Crippen molar-refractivity contribution in [3.63, 3.8) is 0 Å². The van der Waals surface area contributed by atoms with Crippen LogP contribution in [0.2, 0.25) is 0 Å². The summed E-state index contributed by atoms with van der Waals surface area (Å²) in [5.74, 6) is 0.363. The first-order valence-electron chi connectivity index (χ1n) is 9.94. The van der Waals surface area contributed by atoms with Gasteiger partial charge in [0.15, 0.2) is 0 Å². The topological polar surface area (TPSA) is 59.0 Å². The molecule has 2 aromatic rings. The van der Waals surface area contributed by atoms with Gasteiger partial charge in [-0.2, -0.15) is 0 Å². The molecule has 3 unspecified atom stereocenters. The Bertz CT molecular complexity index is 782. The van der Waals surface area contributed by atoms with E-state index in [-0.39, 0.29) is 18.6 Å². The van der Waals surface area contributed by atoms with Gasteiger partial charge in [-0.25, -0.2) is 4.79 Å². The van der Waals surface area contributed by atoms with Crippen LogP contribution in [0.25, 0.3) is 0 Å². The molecule has 5 heteroatoms. The molecular weight excluding hydrogens is 354 g/mol. The molecule has 1 saturated heterocycles. The van der Waals surface area contributed by atoms with Crippen molar-refractivity contribution < 1.29 is 19.4 Å². The number of carbonyl (C=O) groups excluding carboxylic acids is 1. The number of fused-ring (bicyclic) bond motifs is 1. The van der Waals surface area contributed by atoms with Gasteiger partial charge in [0, 0.05) is 19.0 Å². The lowest BCUT2D eigenvalue weighted by molar-refractivity contribution is -0.0768. The van der Waals surface area contributed by atoms with Crippen LogP contribution >= 0.6 is 0 Å². The van der Waals surface area contributed by atoms with Crippen molar-refractivity contribution in [3.8, 4) is 0 Å². The van der Waals surface area contributed by atoms with Gasteiger partial charge in [-0.05, 0) is 29.9 Å². The smallest absolute Gasteiger partial charge is 0.410 e. The van der Waals surface area contributed by atoms with Gasteiger partial charge < -0.3 is 19.5 Å². The number of aliphatic hydroxyl groups is 1. The SMILES string of the molecule is O=C(OCc1ccccc1)N1CC2CCC(O)(COCc3ccccc3)C2C1. The molecule has 0 spiro atoms. The number of benzene rings is 2. The summed E-state index contributed by atoms with van der Waals surface area (Å²) in [5.41, 5.74) is 1.20. The largest absolute Gasteiger partial charge is 0.445 e. The molecule has 148 valence electrons. The van der Waals surface area contributed by atoms with Crippen molar-refractivity contribution in [3.05, 3.63) is 71.8 Å². The van der Waals surface area contributed by atoms with E-state index in [1.165, 1.54) is 0 Å². The number of ether oxygens (including phenoxy) is 2. The molecule has 2 aromatic carbocycles. The van der Waals surface area contributed by atoms with E-state index in [2.05, 4.69) is 0 Å². The Balaban J connectivity index is 1.28. The number of amides is 1. The van der Waals surface area contributed by atoms with Gasteiger partial charge in [0.05, 0.1) is 18.8 Å². The number of rotatable bonds is 6. The van der Waals surface area contributed by atoms with Crippen molar-refractivity contribution in [2.75, 3.05) is 19.7 Å². The van der Waals surface area contributed by atoms with Crippen LogP contribution in [0.4, 0.5) is 4.79 Å². The van der Waals surface area contributed by atoms with Gasteiger partial charge in [-0.1, -0.05) is 60.7 Å². The van der Waals surface area contributed by atoms with Crippen LogP contribution in [0.1, 0.15) is 24.0 Å². The summed E-state index contributed by atoms with van der Waals surface area (Å²) in [6.07, 6.45) is 1.34. The molecule has 28 heavy (non-hydrogen) atoms. The van der Waals surface area contributed by atoms with Crippen molar-refractivity contribution >= 4 is 6.09 Å². The van der Waals surface area contributed by atoms with Crippen LogP contribution in [-0.2, 0) is 22.7 Å². The number of carbonyl (C=O) groups is 1. The summed E-state index contributed by atoms with van der Waals surface area (Å²) in [4.78, 5) is 14.2. The fraction of sp³-hybridized carbons (Fsp3) is 0.435. The Morgan fingerprint density at radius 1 is 1.00 bits per heavy atom. The van der Waals surface area contributed by atoms with Gasteiger partial charge in [-0.3, -0.25) is 0 Å². The Hall–Kier alpha value is -2.37. The highest BCUT2D eigenvalue weighted by molar-refractivity contribution is 5.68. The van der Waals surface area contributed by atoms with Gasteiger partial charge in [0.2, 0.25) is 0 Å². The van der Waals surface area contributed by atoms with Crippen LogP contribution in [0.15, 0.2) is 60.7 Å². The molecule has 2 fully saturated rings. The number of hydrogen-bond acceptors (Lipinski definition) is 4. The third kappa shape index (κ3) is 4.21. The normalized spacial score (nSPS) is 26.2. The first-order valence-corrected chi connectivity index (χ1v) is 9.94. The van der Waals surface area contributed by atoms with E-state index in [1.54, 1.807) is 4.90 Å². The molecule has 2 aliphatic rings. The highest BCUT2D eigenvalue weighted by Gasteiger charge is 2.52. The van der Waals surface area contributed by atoms with Crippen molar-refractivity contribution in [2.24, 2.45) is 11.8 Å². The summed E-state index contributed by atoms with van der Waals surface area (Å²) in [6, 6.07) is 19.6. The van der Waals surface area contributed by atoms with Gasteiger partial charge >= 0.3 is 6.09 Å². The fourth-order valence-corrected chi connectivity index (χ4v) is 4.45. The number of nitrogens with zero attached hydrogens (tertiary/aromatic N) is 1. The third-order valence-electron chi connectivity index (χ3n) is 6.01. The maximum Gasteiger partial charge on any atom is 0.410 e. The van der Waals surface area contributed by atoms with Crippen molar-refractivity contribution in [1.82, 2.24) is 4.90 Å². The van der Waals surface area contributed by atoms with Crippen LogP contribution < -0.4 is 0 Å². The molecule has 1 N–H and O–H groups in total. The molecule has 4 rings (SSSR count). The van der Waals surface area contributed by atoms with Crippen LogP contribution in [0.5, 0.6) is 0 Å². The minimum absolute atomic E-state index is 0.0487. The lowest BCUT2D eigenvalue weighted by atomic mass is 9.89. The summed E-state index contributed by atoms with van der Waals surface area (Å²) < 4.78 is 11.3. The first-order chi connectivity index (χ1) is 13.6.